The van der Waals surface area contributed by atoms with Crippen LogP contribution in [-0.4, -0.2) is 4.98 Å². The van der Waals surface area contributed by atoms with Crippen LogP contribution in [0.1, 0.15) is 25.0 Å². The Balaban J connectivity index is 0.00000469. The van der Waals surface area contributed by atoms with Gasteiger partial charge in [0.25, 0.3) is 0 Å². The molecule has 0 aliphatic rings. The Morgan fingerprint density at radius 2 is 0.724 bits per heavy atom. The van der Waals surface area contributed by atoms with E-state index in [0.717, 1.165) is 27.9 Å². The Labute approximate surface area is 356 Å². The van der Waals surface area contributed by atoms with Gasteiger partial charge in [-0.3, -0.25) is 0 Å². The summed E-state index contributed by atoms with van der Waals surface area (Å²) < 4.78 is 0. The van der Waals surface area contributed by atoms with Gasteiger partial charge in [0.15, 0.2) is 0 Å². The topological polar surface area (TPSA) is 12.9 Å². The molecule has 0 aliphatic carbocycles. The van der Waals surface area contributed by atoms with Gasteiger partial charge >= 0.3 is 0 Å². The first-order valence-electron chi connectivity index (χ1n) is 19.6. The number of pyridine rings is 1. The monoisotopic (exact) mass is 921 g/mol. The molecule has 0 bridgehead atoms. The summed E-state index contributed by atoms with van der Waals surface area (Å²) in [6, 6.07) is 79.6. The normalized spacial score (nSPS) is 11.1. The van der Waals surface area contributed by atoms with Crippen molar-refractivity contribution in [1.29, 1.82) is 0 Å². The van der Waals surface area contributed by atoms with Crippen LogP contribution in [0, 0.1) is 6.07 Å². The molecule has 1 heterocycles. The molecule has 0 N–H and O–H groups in total. The Bertz CT molecular complexity index is 2790. The zero-order chi connectivity index (χ0) is 38.6. The van der Waals surface area contributed by atoms with Crippen molar-refractivity contribution < 1.29 is 20.1 Å². The third kappa shape index (κ3) is 8.18. The van der Waals surface area contributed by atoms with E-state index >= 15 is 0 Å². The Kier molecular flexibility index (Phi) is 11.2. The fourth-order valence-electron chi connectivity index (χ4n) is 7.77. The van der Waals surface area contributed by atoms with Crippen molar-refractivity contribution in [3.05, 3.63) is 236 Å². The summed E-state index contributed by atoms with van der Waals surface area (Å²) >= 11 is 0. The zero-order valence-electron chi connectivity index (χ0n) is 32.6. The van der Waals surface area contributed by atoms with E-state index in [2.05, 4.69) is 225 Å². The molecule has 281 valence electrons. The number of hydrogen-bond donors (Lipinski definition) is 0. The smallest absolute Gasteiger partial charge is 0.0166 e. The first kappa shape index (κ1) is 38.4. The van der Waals surface area contributed by atoms with Crippen molar-refractivity contribution in [2.75, 3.05) is 0 Å². The summed E-state index contributed by atoms with van der Waals surface area (Å²) in [7, 11) is 0. The van der Waals surface area contributed by atoms with Crippen LogP contribution in [0.25, 0.3) is 78.0 Å². The van der Waals surface area contributed by atoms with Gasteiger partial charge in [0.1, 0.15) is 0 Å². The van der Waals surface area contributed by atoms with Crippen LogP contribution < -0.4 is 0 Å². The van der Waals surface area contributed by atoms with Gasteiger partial charge in [0.2, 0.25) is 0 Å². The van der Waals surface area contributed by atoms with Crippen molar-refractivity contribution in [3.63, 3.8) is 0 Å². The third-order valence-corrected chi connectivity index (χ3v) is 11.2. The van der Waals surface area contributed by atoms with E-state index in [4.69, 9.17) is 0 Å². The van der Waals surface area contributed by atoms with Gasteiger partial charge in [-0.05, 0) is 102 Å². The average Bonchev–Trinajstić information content (AvgIpc) is 3.30. The van der Waals surface area contributed by atoms with Crippen molar-refractivity contribution in [3.8, 4) is 78.0 Å². The van der Waals surface area contributed by atoms with Crippen LogP contribution >= 0.6 is 0 Å². The van der Waals surface area contributed by atoms with Gasteiger partial charge in [-0.1, -0.05) is 184 Å². The van der Waals surface area contributed by atoms with Crippen LogP contribution in [0.5, 0.6) is 0 Å². The summed E-state index contributed by atoms with van der Waals surface area (Å²) in [5, 5.41) is 0. The molecule has 0 saturated carbocycles. The minimum Gasteiger partial charge on any atom is -0.305 e. The maximum absolute atomic E-state index is 4.68. The van der Waals surface area contributed by atoms with E-state index in [9.17, 15) is 0 Å². The van der Waals surface area contributed by atoms with Crippen LogP contribution in [0.2, 0.25) is 0 Å². The molecule has 1 aromatic heterocycles. The summed E-state index contributed by atoms with van der Waals surface area (Å²) in [6.45, 7) is 4.59. The molecule has 0 unspecified atom stereocenters. The standard InChI is InChI=1S/C56H42N.Ir/c1-56(2,53-23-7-4-8-24-53)54-31-29-43(30-32-54)45-16-10-19-48(36-45)50-21-11-20-49(37-50)47-18-9-15-44(35-47)41-25-27-42(28-26-41)46-17-12-22-52(38-46)55-39-51(33-34-57-55)40-13-5-3-6-14-40;/h3-21,23-39H,1-2H3;/q-1;. The van der Waals surface area contributed by atoms with E-state index in [1.54, 1.807) is 0 Å². The maximum Gasteiger partial charge on any atom is 0.0166 e. The molecular weight excluding hydrogens is 879 g/mol. The summed E-state index contributed by atoms with van der Waals surface area (Å²) in [4.78, 5) is 4.68. The number of hydrogen-bond acceptors (Lipinski definition) is 1. The molecule has 0 spiro atoms. The van der Waals surface area contributed by atoms with Gasteiger partial charge in [-0.2, -0.15) is 0 Å². The predicted molar refractivity (Wildman–Crippen MR) is 240 cm³/mol. The minimum atomic E-state index is -0.0656. The average molecular weight is 921 g/mol. The SMILES string of the molecule is CC(C)(c1ccccc1)c1ccc(-c2cccc(-c3cccc(-c4cccc(-c5ccc(-c6cc[c-]c(-c7cc(-c8ccccc8)ccn7)c6)cc5)c4)c3)c2)cc1.[Ir]. The number of aromatic nitrogens is 1. The second-order valence-corrected chi connectivity index (χ2v) is 15.2. The van der Waals surface area contributed by atoms with Gasteiger partial charge in [-0.15, -0.1) is 35.4 Å². The van der Waals surface area contributed by atoms with Gasteiger partial charge in [0, 0.05) is 31.7 Å². The predicted octanol–water partition coefficient (Wildman–Crippen LogP) is 14.9. The van der Waals surface area contributed by atoms with Crippen molar-refractivity contribution in [1.82, 2.24) is 4.98 Å². The van der Waals surface area contributed by atoms with Crippen LogP contribution in [-0.2, 0) is 25.5 Å². The summed E-state index contributed by atoms with van der Waals surface area (Å²) in [5.41, 5.74) is 18.7. The van der Waals surface area contributed by atoms with Gasteiger partial charge in [0.05, 0.1) is 0 Å². The fraction of sp³-hybridized carbons (Fsp3) is 0.0536. The third-order valence-electron chi connectivity index (χ3n) is 11.2. The number of benzene rings is 8. The van der Waals surface area contributed by atoms with E-state index in [1.165, 1.54) is 61.2 Å². The first-order valence-corrected chi connectivity index (χ1v) is 19.6. The molecule has 0 aliphatic heterocycles. The Hall–Kier alpha value is -6.44. The van der Waals surface area contributed by atoms with Crippen molar-refractivity contribution in [2.24, 2.45) is 0 Å². The van der Waals surface area contributed by atoms with Gasteiger partial charge in [-0.25, -0.2) is 0 Å². The van der Waals surface area contributed by atoms with E-state index in [0.29, 0.717) is 0 Å². The zero-order valence-corrected chi connectivity index (χ0v) is 35.0. The summed E-state index contributed by atoms with van der Waals surface area (Å²) in [6.07, 6.45) is 1.88. The Morgan fingerprint density at radius 3 is 1.24 bits per heavy atom. The van der Waals surface area contributed by atoms with Gasteiger partial charge < -0.3 is 4.98 Å². The number of nitrogens with zero attached hydrogens (tertiary/aromatic N) is 1. The van der Waals surface area contributed by atoms with Crippen LogP contribution in [0.3, 0.4) is 0 Å². The second kappa shape index (κ2) is 17.0. The summed E-state index contributed by atoms with van der Waals surface area (Å²) in [5.74, 6) is 0. The van der Waals surface area contributed by atoms with Crippen molar-refractivity contribution in [2.45, 2.75) is 19.3 Å². The minimum absolute atomic E-state index is 0. The molecule has 0 saturated heterocycles. The molecule has 2 heteroatoms. The molecule has 8 aromatic carbocycles. The molecule has 58 heavy (non-hydrogen) atoms. The maximum atomic E-state index is 4.68. The Morgan fingerprint density at radius 1 is 0.345 bits per heavy atom. The number of rotatable bonds is 9. The molecular formula is C56H42IrN-. The van der Waals surface area contributed by atoms with E-state index in [-0.39, 0.29) is 25.5 Å². The van der Waals surface area contributed by atoms with E-state index < -0.39 is 0 Å². The molecule has 1 nitrogen and oxygen atoms in total. The quantitative estimate of drug-likeness (QED) is 0.131. The molecule has 0 fully saturated rings. The first-order chi connectivity index (χ1) is 28.0. The van der Waals surface area contributed by atoms with Crippen LogP contribution in [0.15, 0.2) is 219 Å². The fourth-order valence-corrected chi connectivity index (χ4v) is 7.77. The van der Waals surface area contributed by atoms with Crippen molar-refractivity contribution >= 4 is 0 Å². The molecule has 0 amide bonds. The molecule has 0 atom stereocenters. The second-order valence-electron chi connectivity index (χ2n) is 15.2. The molecule has 1 radical (unpaired) electrons. The van der Waals surface area contributed by atoms with E-state index in [1.807, 2.05) is 18.3 Å². The molecule has 9 rings (SSSR count). The van der Waals surface area contributed by atoms with Crippen LogP contribution in [0.4, 0.5) is 0 Å². The largest absolute Gasteiger partial charge is 0.305 e. The molecule has 9 aromatic rings.